The summed E-state index contributed by atoms with van der Waals surface area (Å²) in [4.78, 5) is 11.6. The number of nitrogens with one attached hydrogen (secondary N) is 1. The van der Waals surface area contributed by atoms with Crippen LogP contribution in [0.3, 0.4) is 0 Å². The smallest absolute Gasteiger partial charge is 0.324 e. The zero-order chi connectivity index (χ0) is 12.9. The first-order chi connectivity index (χ1) is 8.03. The Morgan fingerprint density at radius 1 is 1.65 bits per heavy atom. The van der Waals surface area contributed by atoms with E-state index in [-0.39, 0.29) is 13.2 Å². The molecule has 6 nitrogen and oxygen atoms in total. The predicted molar refractivity (Wildman–Crippen MR) is 63.5 cm³/mol. The summed E-state index contributed by atoms with van der Waals surface area (Å²) in [6, 6.07) is -0.697. The van der Waals surface area contributed by atoms with Crippen LogP contribution >= 0.6 is 0 Å². The van der Waals surface area contributed by atoms with Crippen LogP contribution in [0.5, 0.6) is 0 Å². The summed E-state index contributed by atoms with van der Waals surface area (Å²) in [7, 11) is -3.62. The van der Waals surface area contributed by atoms with Crippen molar-refractivity contribution < 1.29 is 17.9 Å². The first-order valence-electron chi connectivity index (χ1n) is 5.57. The molecule has 1 unspecified atom stereocenters. The van der Waals surface area contributed by atoms with Gasteiger partial charge in [-0.2, -0.15) is 17.4 Å². The minimum absolute atomic E-state index is 0.147. The van der Waals surface area contributed by atoms with Crippen LogP contribution in [-0.4, -0.2) is 44.4 Å². The Labute approximate surface area is 102 Å². The monoisotopic (exact) mass is 262 g/mol. The molecule has 1 aliphatic rings. The summed E-state index contributed by atoms with van der Waals surface area (Å²) in [5.74, 6) is -0.478. The minimum atomic E-state index is -3.62. The molecule has 98 valence electrons. The molecule has 17 heavy (non-hydrogen) atoms. The molecule has 0 saturated carbocycles. The van der Waals surface area contributed by atoms with Gasteiger partial charge in [-0.25, -0.2) is 0 Å². The van der Waals surface area contributed by atoms with Crippen molar-refractivity contribution in [2.45, 2.75) is 25.8 Å². The van der Waals surface area contributed by atoms with Crippen LogP contribution in [0, 0.1) is 0 Å². The van der Waals surface area contributed by atoms with E-state index >= 15 is 0 Å². The molecular weight excluding hydrogens is 244 g/mol. The summed E-state index contributed by atoms with van der Waals surface area (Å²) in [6.07, 6.45) is 2.62. The van der Waals surface area contributed by atoms with E-state index in [0.29, 0.717) is 19.4 Å². The van der Waals surface area contributed by atoms with E-state index < -0.39 is 22.2 Å². The Balaban J connectivity index is 2.74. The number of rotatable bonds is 6. The van der Waals surface area contributed by atoms with Crippen molar-refractivity contribution in [3.8, 4) is 0 Å². The number of esters is 1. The first kappa shape index (κ1) is 14.1. The first-order valence-corrected chi connectivity index (χ1v) is 7.01. The van der Waals surface area contributed by atoms with E-state index in [4.69, 9.17) is 4.74 Å². The Bertz CT molecular complexity index is 380. The topological polar surface area (TPSA) is 75.7 Å². The average Bonchev–Trinajstić information content (AvgIpc) is 2.76. The molecule has 1 heterocycles. The van der Waals surface area contributed by atoms with Crippen molar-refractivity contribution in [1.82, 2.24) is 9.03 Å². The zero-order valence-electron chi connectivity index (χ0n) is 9.89. The van der Waals surface area contributed by atoms with E-state index in [9.17, 15) is 13.2 Å². The number of nitrogens with zero attached hydrogens (tertiary/aromatic N) is 1. The molecule has 0 aromatic carbocycles. The van der Waals surface area contributed by atoms with E-state index in [2.05, 4.69) is 11.3 Å². The van der Waals surface area contributed by atoms with E-state index in [1.807, 2.05) is 0 Å². The Hall–Kier alpha value is -0.920. The molecule has 1 saturated heterocycles. The second-order valence-corrected chi connectivity index (χ2v) is 5.37. The molecule has 0 amide bonds. The van der Waals surface area contributed by atoms with Gasteiger partial charge in [-0.15, -0.1) is 6.58 Å². The highest BCUT2D eigenvalue weighted by molar-refractivity contribution is 7.87. The fraction of sp³-hybridized carbons (Fsp3) is 0.700. The van der Waals surface area contributed by atoms with Crippen molar-refractivity contribution in [2.24, 2.45) is 0 Å². The van der Waals surface area contributed by atoms with Gasteiger partial charge in [0, 0.05) is 13.1 Å². The zero-order valence-corrected chi connectivity index (χ0v) is 10.7. The maximum Gasteiger partial charge on any atom is 0.324 e. The fourth-order valence-corrected chi connectivity index (χ4v) is 3.14. The lowest BCUT2D eigenvalue weighted by atomic mass is 10.2. The standard InChI is InChI=1S/C10H18N2O4S/c1-3-7-11-17(14,15)12-8-5-6-9(12)10(13)16-4-2/h3,9,11H,1,4-8H2,2H3. The maximum atomic E-state index is 11.9. The van der Waals surface area contributed by atoms with E-state index in [1.165, 1.54) is 6.08 Å². The van der Waals surface area contributed by atoms with Gasteiger partial charge in [0.25, 0.3) is 10.2 Å². The van der Waals surface area contributed by atoms with Crippen LogP contribution in [0.2, 0.25) is 0 Å². The lowest BCUT2D eigenvalue weighted by Crippen LogP contribution is -2.47. The predicted octanol–water partition coefficient (Wildman–Crippen LogP) is 0.0343. The second kappa shape index (κ2) is 6.13. The van der Waals surface area contributed by atoms with Crippen molar-refractivity contribution >= 4 is 16.2 Å². The van der Waals surface area contributed by atoms with Gasteiger partial charge in [-0.3, -0.25) is 4.79 Å². The van der Waals surface area contributed by atoms with Crippen LogP contribution in [-0.2, 0) is 19.7 Å². The average molecular weight is 262 g/mol. The van der Waals surface area contributed by atoms with Crippen LogP contribution in [0.4, 0.5) is 0 Å². The van der Waals surface area contributed by atoms with Gasteiger partial charge in [0.05, 0.1) is 6.61 Å². The van der Waals surface area contributed by atoms with Gasteiger partial charge in [0.15, 0.2) is 0 Å². The Kier molecular flexibility index (Phi) is 5.10. The van der Waals surface area contributed by atoms with Crippen LogP contribution < -0.4 is 4.72 Å². The number of carbonyl (C=O) groups is 1. The number of hydrogen-bond donors (Lipinski definition) is 1. The van der Waals surface area contributed by atoms with Crippen LogP contribution in [0.15, 0.2) is 12.7 Å². The Morgan fingerprint density at radius 3 is 2.94 bits per heavy atom. The van der Waals surface area contributed by atoms with Gasteiger partial charge in [-0.1, -0.05) is 6.08 Å². The summed E-state index contributed by atoms with van der Waals surface area (Å²) in [5, 5.41) is 0. The number of carbonyl (C=O) groups excluding carboxylic acids is 1. The molecule has 0 bridgehead atoms. The molecular formula is C10H18N2O4S. The third kappa shape index (κ3) is 3.52. The highest BCUT2D eigenvalue weighted by atomic mass is 32.2. The number of ether oxygens (including phenoxy) is 1. The molecule has 1 atom stereocenters. The molecule has 7 heteroatoms. The minimum Gasteiger partial charge on any atom is -0.465 e. The fourth-order valence-electron chi connectivity index (χ4n) is 1.75. The van der Waals surface area contributed by atoms with Gasteiger partial charge < -0.3 is 4.74 Å². The van der Waals surface area contributed by atoms with Crippen molar-refractivity contribution in [3.63, 3.8) is 0 Å². The summed E-state index contributed by atoms with van der Waals surface area (Å²) >= 11 is 0. The van der Waals surface area contributed by atoms with Crippen molar-refractivity contribution in [2.75, 3.05) is 19.7 Å². The quantitative estimate of drug-likeness (QED) is 0.541. The van der Waals surface area contributed by atoms with E-state index in [1.54, 1.807) is 6.92 Å². The van der Waals surface area contributed by atoms with Gasteiger partial charge >= 0.3 is 5.97 Å². The normalized spacial score (nSPS) is 21.4. The largest absolute Gasteiger partial charge is 0.465 e. The van der Waals surface area contributed by atoms with Crippen molar-refractivity contribution in [1.29, 1.82) is 0 Å². The van der Waals surface area contributed by atoms with E-state index in [0.717, 1.165) is 4.31 Å². The lowest BCUT2D eigenvalue weighted by molar-refractivity contribution is -0.146. The SMILES string of the molecule is C=CCNS(=O)(=O)N1CCCC1C(=O)OCC. The maximum absolute atomic E-state index is 11.9. The summed E-state index contributed by atoms with van der Waals surface area (Å²) in [6.45, 7) is 5.88. The molecule has 1 rings (SSSR count). The van der Waals surface area contributed by atoms with Gasteiger partial charge in [-0.05, 0) is 19.8 Å². The van der Waals surface area contributed by atoms with Gasteiger partial charge in [0.1, 0.15) is 6.04 Å². The van der Waals surface area contributed by atoms with Gasteiger partial charge in [0.2, 0.25) is 0 Å². The molecule has 1 N–H and O–H groups in total. The second-order valence-electron chi connectivity index (χ2n) is 3.66. The summed E-state index contributed by atoms with van der Waals surface area (Å²) < 4.78 is 32.1. The summed E-state index contributed by atoms with van der Waals surface area (Å²) in [5.41, 5.74) is 0. The molecule has 0 aliphatic carbocycles. The third-order valence-electron chi connectivity index (χ3n) is 2.48. The van der Waals surface area contributed by atoms with Crippen molar-refractivity contribution in [3.05, 3.63) is 12.7 Å². The molecule has 1 fully saturated rings. The molecule has 0 aromatic heterocycles. The molecule has 0 aromatic rings. The molecule has 0 radical (unpaired) electrons. The molecule has 0 spiro atoms. The Morgan fingerprint density at radius 2 is 2.35 bits per heavy atom. The number of hydrogen-bond acceptors (Lipinski definition) is 4. The highest BCUT2D eigenvalue weighted by Crippen LogP contribution is 2.21. The van der Waals surface area contributed by atoms with Crippen LogP contribution in [0.1, 0.15) is 19.8 Å². The van der Waals surface area contributed by atoms with Crippen LogP contribution in [0.25, 0.3) is 0 Å². The third-order valence-corrected chi connectivity index (χ3v) is 4.07. The lowest BCUT2D eigenvalue weighted by Gasteiger charge is -2.22. The highest BCUT2D eigenvalue weighted by Gasteiger charge is 2.39. The molecule has 1 aliphatic heterocycles.